The Balaban J connectivity index is 1.19. The average Bonchev–Trinajstić information content (AvgIpc) is 3.17. The highest BCUT2D eigenvalue weighted by Gasteiger charge is 2.42. The molecule has 4 nitrogen and oxygen atoms in total. The Morgan fingerprint density at radius 2 is 1.83 bits per heavy atom. The topological polar surface area (TPSA) is 41.6 Å². The number of amides is 1. The van der Waals surface area contributed by atoms with Gasteiger partial charge in [-0.3, -0.25) is 9.69 Å². The van der Waals surface area contributed by atoms with Crippen molar-refractivity contribution in [3.05, 3.63) is 76.8 Å². The van der Waals surface area contributed by atoms with Crippen LogP contribution in [0, 0.1) is 0 Å². The van der Waals surface area contributed by atoms with E-state index in [1.807, 2.05) is 24.3 Å². The monoisotopic (exact) mass is 424 g/mol. The van der Waals surface area contributed by atoms with E-state index < -0.39 is 0 Å². The van der Waals surface area contributed by atoms with Crippen molar-refractivity contribution in [1.29, 1.82) is 0 Å². The van der Waals surface area contributed by atoms with Crippen LogP contribution in [0.25, 0.3) is 6.08 Å². The normalized spacial score (nSPS) is 21.3. The zero-order valence-electron chi connectivity index (χ0n) is 17.2. The second kappa shape index (κ2) is 9.78. The van der Waals surface area contributed by atoms with E-state index >= 15 is 0 Å². The molecule has 4 rings (SSSR count). The van der Waals surface area contributed by atoms with E-state index in [2.05, 4.69) is 40.5 Å². The zero-order valence-corrected chi connectivity index (χ0v) is 18.0. The Kier molecular flexibility index (Phi) is 6.88. The lowest BCUT2D eigenvalue weighted by Gasteiger charge is -2.39. The quantitative estimate of drug-likeness (QED) is 0.684. The average molecular weight is 425 g/mol. The number of benzene rings is 2. The van der Waals surface area contributed by atoms with Gasteiger partial charge >= 0.3 is 0 Å². The van der Waals surface area contributed by atoms with Gasteiger partial charge in [0.05, 0.1) is 11.7 Å². The highest BCUT2D eigenvalue weighted by atomic mass is 35.5. The van der Waals surface area contributed by atoms with Crippen LogP contribution in [-0.4, -0.2) is 42.1 Å². The van der Waals surface area contributed by atoms with E-state index in [9.17, 15) is 4.79 Å². The molecule has 2 aliphatic rings. The lowest BCUT2D eigenvalue weighted by molar-refractivity contribution is -0.118. The molecule has 158 valence electrons. The molecule has 1 amide bonds. The Morgan fingerprint density at radius 3 is 2.57 bits per heavy atom. The molecule has 5 heteroatoms. The molecular formula is C25H29ClN2O2. The van der Waals surface area contributed by atoms with E-state index in [0.717, 1.165) is 50.9 Å². The molecule has 0 aliphatic carbocycles. The fourth-order valence-electron chi connectivity index (χ4n) is 4.39. The maximum Gasteiger partial charge on any atom is 0.244 e. The van der Waals surface area contributed by atoms with Gasteiger partial charge in [-0.25, -0.2) is 0 Å². The van der Waals surface area contributed by atoms with Gasteiger partial charge in [-0.05, 0) is 55.0 Å². The van der Waals surface area contributed by atoms with Crippen LogP contribution in [0.5, 0.6) is 0 Å². The predicted molar refractivity (Wildman–Crippen MR) is 121 cm³/mol. The maximum absolute atomic E-state index is 12.1. The van der Waals surface area contributed by atoms with Crippen LogP contribution in [0.3, 0.4) is 0 Å². The zero-order chi connectivity index (χ0) is 20.8. The van der Waals surface area contributed by atoms with Crippen LogP contribution in [0.1, 0.15) is 36.8 Å². The summed E-state index contributed by atoms with van der Waals surface area (Å²) in [4.78, 5) is 14.7. The molecule has 1 N–H and O–H groups in total. The first-order valence-corrected chi connectivity index (χ1v) is 11.1. The van der Waals surface area contributed by atoms with Gasteiger partial charge in [0.1, 0.15) is 0 Å². The third-order valence-electron chi connectivity index (χ3n) is 6.16. The molecule has 0 aromatic heterocycles. The largest absolute Gasteiger partial charge is 0.370 e. The van der Waals surface area contributed by atoms with Crippen LogP contribution >= 0.6 is 11.6 Å². The minimum absolute atomic E-state index is 0.00171. The van der Waals surface area contributed by atoms with Crippen LogP contribution in [0.15, 0.2) is 60.7 Å². The van der Waals surface area contributed by atoms with Gasteiger partial charge < -0.3 is 10.1 Å². The summed E-state index contributed by atoms with van der Waals surface area (Å²) in [5.41, 5.74) is 2.32. The van der Waals surface area contributed by atoms with Crippen LogP contribution in [0.4, 0.5) is 0 Å². The van der Waals surface area contributed by atoms with E-state index in [0.29, 0.717) is 11.6 Å². The summed E-state index contributed by atoms with van der Waals surface area (Å²) >= 11 is 5.88. The van der Waals surface area contributed by atoms with E-state index in [1.54, 1.807) is 12.2 Å². The lowest BCUT2D eigenvalue weighted by Crippen LogP contribution is -2.44. The molecule has 2 aliphatic heterocycles. The Morgan fingerprint density at radius 1 is 1.10 bits per heavy atom. The van der Waals surface area contributed by atoms with Crippen molar-refractivity contribution in [3.8, 4) is 0 Å². The van der Waals surface area contributed by atoms with Crippen molar-refractivity contribution in [3.63, 3.8) is 0 Å². The Hall–Kier alpha value is -2.14. The summed E-state index contributed by atoms with van der Waals surface area (Å²) in [6, 6.07) is 18.1. The second-order valence-electron chi connectivity index (χ2n) is 8.35. The summed E-state index contributed by atoms with van der Waals surface area (Å²) in [5, 5.41) is 3.67. The minimum atomic E-state index is -0.0906. The van der Waals surface area contributed by atoms with Crippen molar-refractivity contribution < 1.29 is 9.53 Å². The standard InChI is InChI=1S/C25H29ClN2O2/c26-22-9-6-20(7-10-22)8-11-24(29)27-18-23-12-13-25(30-23)14-16-28(17-15-25)19-21-4-2-1-3-5-21/h1-11,23H,12-19H2,(H,27,29)/b11-8+/t23-/m0/s1. The molecule has 2 saturated heterocycles. The first kappa shape index (κ1) is 21.1. The van der Waals surface area contributed by atoms with E-state index in [1.165, 1.54) is 5.56 Å². The molecule has 30 heavy (non-hydrogen) atoms. The van der Waals surface area contributed by atoms with Gasteiger partial charge in [-0.1, -0.05) is 54.1 Å². The first-order valence-electron chi connectivity index (χ1n) is 10.8. The molecule has 2 fully saturated rings. The molecule has 2 aromatic rings. The summed E-state index contributed by atoms with van der Waals surface area (Å²) in [7, 11) is 0. The highest BCUT2D eigenvalue weighted by Crippen LogP contribution is 2.39. The molecule has 2 heterocycles. The third-order valence-corrected chi connectivity index (χ3v) is 6.41. The number of nitrogens with zero attached hydrogens (tertiary/aromatic N) is 1. The molecule has 0 radical (unpaired) electrons. The number of hydrogen-bond donors (Lipinski definition) is 1. The smallest absolute Gasteiger partial charge is 0.244 e. The molecule has 1 atom stereocenters. The maximum atomic E-state index is 12.1. The number of nitrogens with one attached hydrogen (secondary N) is 1. The van der Waals surface area contributed by atoms with Gasteiger partial charge in [0.25, 0.3) is 0 Å². The predicted octanol–water partition coefficient (Wildman–Crippen LogP) is 4.68. The fraction of sp³-hybridized carbons (Fsp3) is 0.400. The number of hydrogen-bond acceptors (Lipinski definition) is 3. The van der Waals surface area contributed by atoms with Crippen molar-refractivity contribution in [2.24, 2.45) is 0 Å². The Labute approximate surface area is 183 Å². The van der Waals surface area contributed by atoms with Crippen LogP contribution in [0.2, 0.25) is 5.02 Å². The first-order chi connectivity index (χ1) is 14.6. The number of carbonyl (C=O) groups is 1. The van der Waals surface area contributed by atoms with Crippen LogP contribution < -0.4 is 5.32 Å². The molecule has 0 bridgehead atoms. The molecule has 0 saturated carbocycles. The third kappa shape index (κ3) is 5.72. The van der Waals surface area contributed by atoms with Gasteiger partial charge in [0.2, 0.25) is 5.91 Å². The van der Waals surface area contributed by atoms with Gasteiger partial charge in [-0.15, -0.1) is 0 Å². The number of halogens is 1. The summed E-state index contributed by atoms with van der Waals surface area (Å²) in [6.45, 7) is 3.71. The fourth-order valence-corrected chi connectivity index (χ4v) is 4.51. The minimum Gasteiger partial charge on any atom is -0.370 e. The SMILES string of the molecule is O=C(/C=C/c1ccc(Cl)cc1)NC[C@@H]1CCC2(CCN(Cc3ccccc3)CC2)O1. The van der Waals surface area contributed by atoms with Gasteiger partial charge in [0, 0.05) is 37.3 Å². The summed E-state index contributed by atoms with van der Waals surface area (Å²) in [6.07, 6.45) is 7.72. The molecule has 1 spiro atoms. The van der Waals surface area contributed by atoms with Crippen molar-refractivity contribution in [2.75, 3.05) is 19.6 Å². The van der Waals surface area contributed by atoms with Crippen molar-refractivity contribution >= 4 is 23.6 Å². The van der Waals surface area contributed by atoms with Gasteiger partial charge in [0.15, 0.2) is 0 Å². The van der Waals surface area contributed by atoms with Crippen LogP contribution in [-0.2, 0) is 16.1 Å². The Bertz CT molecular complexity index is 858. The van der Waals surface area contributed by atoms with Crippen molar-refractivity contribution in [2.45, 2.75) is 43.9 Å². The number of carbonyl (C=O) groups excluding carboxylic acids is 1. The van der Waals surface area contributed by atoms with Gasteiger partial charge in [-0.2, -0.15) is 0 Å². The number of ether oxygens (including phenoxy) is 1. The molecule has 0 unspecified atom stereocenters. The summed E-state index contributed by atoms with van der Waals surface area (Å²) < 4.78 is 6.43. The van der Waals surface area contributed by atoms with E-state index in [-0.39, 0.29) is 17.6 Å². The number of piperidine rings is 1. The summed E-state index contributed by atoms with van der Waals surface area (Å²) in [5.74, 6) is -0.0906. The number of rotatable bonds is 6. The number of likely N-dealkylation sites (tertiary alicyclic amines) is 1. The van der Waals surface area contributed by atoms with E-state index in [4.69, 9.17) is 16.3 Å². The second-order valence-corrected chi connectivity index (χ2v) is 8.79. The molecular weight excluding hydrogens is 396 g/mol. The lowest BCUT2D eigenvalue weighted by atomic mass is 9.88. The highest BCUT2D eigenvalue weighted by molar-refractivity contribution is 6.30. The van der Waals surface area contributed by atoms with Crippen molar-refractivity contribution in [1.82, 2.24) is 10.2 Å². The molecule has 2 aromatic carbocycles.